The van der Waals surface area contributed by atoms with Crippen LogP contribution in [-0.4, -0.2) is 28.5 Å². The summed E-state index contributed by atoms with van der Waals surface area (Å²) in [5.74, 6) is 0.118. The fourth-order valence-corrected chi connectivity index (χ4v) is 0.748. The molecular formula is C10H20ClNO2. The lowest BCUT2D eigenvalue weighted by atomic mass is 9.91. The molecule has 14 heavy (non-hydrogen) atoms. The van der Waals surface area contributed by atoms with Crippen LogP contribution in [0.1, 0.15) is 34.6 Å². The third kappa shape index (κ3) is 3.46. The highest BCUT2D eigenvalue weighted by Crippen LogP contribution is 2.19. The molecule has 0 aliphatic rings. The Morgan fingerprint density at radius 3 is 2.14 bits per heavy atom. The molecule has 1 unspecified atom stereocenters. The van der Waals surface area contributed by atoms with Crippen molar-refractivity contribution >= 4 is 17.5 Å². The first-order chi connectivity index (χ1) is 6.13. The van der Waals surface area contributed by atoms with E-state index in [2.05, 4.69) is 5.32 Å². The lowest BCUT2D eigenvalue weighted by molar-refractivity contribution is -0.131. The van der Waals surface area contributed by atoms with Crippen LogP contribution in [0.4, 0.5) is 0 Å². The smallest absolute Gasteiger partial charge is 0.227 e. The van der Waals surface area contributed by atoms with E-state index in [1.807, 2.05) is 0 Å². The van der Waals surface area contributed by atoms with E-state index in [0.717, 1.165) is 0 Å². The lowest BCUT2D eigenvalue weighted by Crippen LogP contribution is -2.54. The van der Waals surface area contributed by atoms with Crippen LogP contribution in [0, 0.1) is 5.41 Å². The van der Waals surface area contributed by atoms with E-state index < -0.39 is 17.1 Å². The van der Waals surface area contributed by atoms with Gasteiger partial charge in [-0.2, -0.15) is 0 Å². The van der Waals surface area contributed by atoms with Crippen molar-refractivity contribution in [1.82, 2.24) is 5.32 Å². The first kappa shape index (κ1) is 13.7. The number of rotatable bonds is 4. The van der Waals surface area contributed by atoms with E-state index in [1.165, 1.54) is 0 Å². The van der Waals surface area contributed by atoms with Gasteiger partial charge in [0.2, 0.25) is 5.91 Å². The van der Waals surface area contributed by atoms with Crippen molar-refractivity contribution in [2.24, 2.45) is 5.41 Å². The second kappa shape index (κ2) is 4.49. The highest BCUT2D eigenvalue weighted by molar-refractivity contribution is 6.19. The number of nitrogens with one attached hydrogen (secondary N) is 1. The monoisotopic (exact) mass is 221 g/mol. The Morgan fingerprint density at radius 1 is 1.43 bits per heavy atom. The van der Waals surface area contributed by atoms with Crippen molar-refractivity contribution in [3.05, 3.63) is 0 Å². The molecule has 0 aromatic carbocycles. The van der Waals surface area contributed by atoms with Crippen LogP contribution in [-0.2, 0) is 4.79 Å². The van der Waals surface area contributed by atoms with Gasteiger partial charge >= 0.3 is 0 Å². The van der Waals surface area contributed by atoms with Crippen LogP contribution in [0.15, 0.2) is 0 Å². The number of carbonyl (C=O) groups is 1. The van der Waals surface area contributed by atoms with Crippen molar-refractivity contribution in [3.8, 4) is 0 Å². The van der Waals surface area contributed by atoms with E-state index >= 15 is 0 Å². The summed E-state index contributed by atoms with van der Waals surface area (Å²) < 4.78 is 0. The molecule has 3 nitrogen and oxygen atoms in total. The normalized spacial score (nSPS) is 15.1. The van der Waals surface area contributed by atoms with E-state index in [4.69, 9.17) is 11.6 Å². The minimum absolute atomic E-state index is 0.140. The summed E-state index contributed by atoms with van der Waals surface area (Å²) in [7, 11) is 0. The molecule has 1 atom stereocenters. The lowest BCUT2D eigenvalue weighted by Gasteiger charge is -2.33. The molecule has 0 radical (unpaired) electrons. The maximum atomic E-state index is 11.7. The molecule has 0 heterocycles. The number of alkyl halides is 1. The van der Waals surface area contributed by atoms with Gasteiger partial charge in [-0.1, -0.05) is 0 Å². The average molecular weight is 222 g/mol. The minimum Gasteiger partial charge on any atom is -0.391 e. The third-order valence-corrected chi connectivity index (χ3v) is 3.10. The van der Waals surface area contributed by atoms with Gasteiger partial charge in [-0.25, -0.2) is 0 Å². The van der Waals surface area contributed by atoms with Crippen molar-refractivity contribution in [3.63, 3.8) is 0 Å². The number of carbonyl (C=O) groups excluding carboxylic acids is 1. The number of halogens is 1. The molecule has 0 rings (SSSR count). The molecule has 0 aromatic rings. The zero-order valence-corrected chi connectivity index (χ0v) is 10.3. The summed E-state index contributed by atoms with van der Waals surface area (Å²) in [5, 5.41) is 12.2. The molecule has 0 spiro atoms. The third-order valence-electron chi connectivity index (χ3n) is 2.43. The van der Waals surface area contributed by atoms with Crippen LogP contribution in [0.25, 0.3) is 0 Å². The summed E-state index contributed by atoms with van der Waals surface area (Å²) in [6.07, 6.45) is -0.599. The molecule has 0 bridgehead atoms. The second-order valence-corrected chi connectivity index (χ2v) is 5.14. The van der Waals surface area contributed by atoms with Crippen LogP contribution in [0.2, 0.25) is 0 Å². The Bertz CT molecular complexity index is 212. The molecule has 0 saturated heterocycles. The minimum atomic E-state index is -0.625. The van der Waals surface area contributed by atoms with Gasteiger partial charge in [0.25, 0.3) is 0 Å². The molecule has 2 N–H and O–H groups in total. The van der Waals surface area contributed by atoms with Gasteiger partial charge in [-0.05, 0) is 34.6 Å². The fraction of sp³-hybridized carbons (Fsp3) is 0.900. The topological polar surface area (TPSA) is 49.3 Å². The molecule has 0 fully saturated rings. The molecule has 84 valence electrons. The van der Waals surface area contributed by atoms with Gasteiger partial charge in [-0.3, -0.25) is 4.79 Å². The number of aliphatic hydroxyl groups is 1. The SMILES string of the molecule is CC(O)C(C)(C)NC(=O)C(C)(C)CCl. The van der Waals surface area contributed by atoms with Gasteiger partial charge < -0.3 is 10.4 Å². The molecule has 4 heteroatoms. The number of aliphatic hydroxyl groups excluding tert-OH is 1. The average Bonchev–Trinajstić information content (AvgIpc) is 2.03. The van der Waals surface area contributed by atoms with Gasteiger partial charge in [0.15, 0.2) is 0 Å². The second-order valence-electron chi connectivity index (χ2n) is 4.87. The predicted molar refractivity (Wildman–Crippen MR) is 58.4 cm³/mol. The Labute approximate surface area is 90.8 Å². The molecule has 0 saturated carbocycles. The molecule has 1 amide bonds. The Hall–Kier alpha value is -0.280. The van der Waals surface area contributed by atoms with Gasteiger partial charge in [0.05, 0.1) is 17.1 Å². The molecule has 0 aliphatic heterocycles. The Kier molecular flexibility index (Phi) is 4.40. The Morgan fingerprint density at radius 2 is 1.86 bits per heavy atom. The summed E-state index contributed by atoms with van der Waals surface area (Å²) >= 11 is 5.67. The van der Waals surface area contributed by atoms with Gasteiger partial charge in [-0.15, -0.1) is 11.6 Å². The summed E-state index contributed by atoms with van der Waals surface area (Å²) in [5.41, 5.74) is -1.23. The zero-order chi connectivity index (χ0) is 11.6. The standard InChI is InChI=1S/C10H20ClNO2/c1-7(13)10(4,5)12-8(14)9(2,3)6-11/h7,13H,6H2,1-5H3,(H,12,14). The number of amides is 1. The first-order valence-electron chi connectivity index (χ1n) is 4.70. The summed E-state index contributed by atoms with van der Waals surface area (Å²) in [6, 6.07) is 0. The number of hydrogen-bond donors (Lipinski definition) is 2. The summed E-state index contributed by atoms with van der Waals surface area (Å²) in [6.45, 7) is 8.74. The van der Waals surface area contributed by atoms with Crippen molar-refractivity contribution < 1.29 is 9.90 Å². The quantitative estimate of drug-likeness (QED) is 0.708. The zero-order valence-electron chi connectivity index (χ0n) is 9.52. The largest absolute Gasteiger partial charge is 0.391 e. The maximum Gasteiger partial charge on any atom is 0.227 e. The van der Waals surface area contributed by atoms with Crippen molar-refractivity contribution in [1.29, 1.82) is 0 Å². The maximum absolute atomic E-state index is 11.7. The molecular weight excluding hydrogens is 202 g/mol. The van der Waals surface area contributed by atoms with Gasteiger partial charge in [0, 0.05) is 5.88 Å². The van der Waals surface area contributed by atoms with E-state index in [9.17, 15) is 9.90 Å². The predicted octanol–water partition coefficient (Wildman–Crippen LogP) is 1.53. The van der Waals surface area contributed by atoms with E-state index in [0.29, 0.717) is 0 Å². The summed E-state index contributed by atoms with van der Waals surface area (Å²) in [4.78, 5) is 11.7. The highest BCUT2D eigenvalue weighted by atomic mass is 35.5. The van der Waals surface area contributed by atoms with Crippen molar-refractivity contribution in [2.75, 3.05) is 5.88 Å². The first-order valence-corrected chi connectivity index (χ1v) is 5.23. The highest BCUT2D eigenvalue weighted by Gasteiger charge is 2.33. The van der Waals surface area contributed by atoms with Crippen LogP contribution in [0.3, 0.4) is 0 Å². The fourth-order valence-electron chi connectivity index (χ4n) is 0.627. The van der Waals surface area contributed by atoms with E-state index in [-0.39, 0.29) is 11.8 Å². The van der Waals surface area contributed by atoms with Crippen LogP contribution >= 0.6 is 11.6 Å². The molecule has 0 aromatic heterocycles. The molecule has 0 aliphatic carbocycles. The Balaban J connectivity index is 4.48. The van der Waals surface area contributed by atoms with E-state index in [1.54, 1.807) is 34.6 Å². The van der Waals surface area contributed by atoms with Crippen molar-refractivity contribution in [2.45, 2.75) is 46.3 Å². The van der Waals surface area contributed by atoms with Crippen LogP contribution < -0.4 is 5.32 Å². The van der Waals surface area contributed by atoms with Gasteiger partial charge in [0.1, 0.15) is 0 Å². The number of hydrogen-bond acceptors (Lipinski definition) is 2. The van der Waals surface area contributed by atoms with Crippen LogP contribution in [0.5, 0.6) is 0 Å².